The number of esters is 2. The molecule has 1 aromatic rings. The average Bonchev–Trinajstić information content (AvgIpc) is 2.69. The van der Waals surface area contributed by atoms with Crippen molar-refractivity contribution >= 4 is 17.8 Å². The number of ether oxygens (including phenoxy) is 2. The number of nitro groups is 1. The number of carbonyl (C=O) groups excluding carboxylic acids is 3. The molecule has 9 heteroatoms. The zero-order chi connectivity index (χ0) is 21.6. The van der Waals surface area contributed by atoms with Crippen molar-refractivity contribution in [2.45, 2.75) is 45.6 Å². The van der Waals surface area contributed by atoms with Gasteiger partial charge in [-0.05, 0) is 56.9 Å². The molecule has 0 saturated heterocycles. The Bertz CT molecular complexity index is 729. The van der Waals surface area contributed by atoms with E-state index in [1.807, 2.05) is 0 Å². The van der Waals surface area contributed by atoms with E-state index in [2.05, 4.69) is 5.32 Å². The highest BCUT2D eigenvalue weighted by Crippen LogP contribution is 2.09. The van der Waals surface area contributed by atoms with Gasteiger partial charge in [0.25, 0.3) is 5.91 Å². The van der Waals surface area contributed by atoms with E-state index in [1.54, 1.807) is 38.1 Å². The highest BCUT2D eigenvalue weighted by molar-refractivity contribution is 5.96. The van der Waals surface area contributed by atoms with Crippen molar-refractivity contribution in [1.29, 1.82) is 0 Å². The fourth-order valence-corrected chi connectivity index (χ4v) is 2.46. The van der Waals surface area contributed by atoms with Crippen LogP contribution in [0.4, 0.5) is 0 Å². The summed E-state index contributed by atoms with van der Waals surface area (Å²) in [7, 11) is 0. The van der Waals surface area contributed by atoms with E-state index < -0.39 is 28.8 Å². The van der Waals surface area contributed by atoms with Crippen LogP contribution in [0, 0.1) is 10.1 Å². The molecule has 0 aliphatic rings. The van der Waals surface area contributed by atoms with Crippen LogP contribution in [0.1, 0.15) is 49.0 Å². The predicted octanol–water partition coefficient (Wildman–Crippen LogP) is 2.41. The van der Waals surface area contributed by atoms with Gasteiger partial charge in [0.1, 0.15) is 6.04 Å². The SMILES string of the molecule is CCOC(=O)CC[C@H](NC(=O)c1ccc(CCC=C[N+](=O)[O-])cc1)C(=O)OCC. The number of benzene rings is 1. The maximum atomic E-state index is 12.5. The quantitative estimate of drug-likeness (QED) is 0.321. The third-order valence-corrected chi connectivity index (χ3v) is 3.86. The van der Waals surface area contributed by atoms with Crippen molar-refractivity contribution in [3.8, 4) is 0 Å². The van der Waals surface area contributed by atoms with Crippen LogP contribution in [-0.4, -0.2) is 42.0 Å². The van der Waals surface area contributed by atoms with E-state index in [4.69, 9.17) is 9.47 Å². The number of nitrogens with zero attached hydrogens (tertiary/aromatic N) is 1. The molecule has 0 fully saturated rings. The van der Waals surface area contributed by atoms with Crippen LogP contribution >= 0.6 is 0 Å². The molecule has 0 bridgehead atoms. The lowest BCUT2D eigenvalue weighted by atomic mass is 10.1. The zero-order valence-corrected chi connectivity index (χ0v) is 16.6. The van der Waals surface area contributed by atoms with Gasteiger partial charge in [-0.1, -0.05) is 12.1 Å². The Labute approximate surface area is 169 Å². The Kier molecular flexibility index (Phi) is 10.7. The number of rotatable bonds is 12. The minimum atomic E-state index is -0.959. The summed E-state index contributed by atoms with van der Waals surface area (Å²) < 4.78 is 9.81. The molecule has 29 heavy (non-hydrogen) atoms. The largest absolute Gasteiger partial charge is 0.466 e. The molecule has 1 aromatic carbocycles. The Morgan fingerprint density at radius 2 is 1.79 bits per heavy atom. The number of carbonyl (C=O) groups is 3. The summed E-state index contributed by atoms with van der Waals surface area (Å²) in [4.78, 5) is 45.8. The minimum Gasteiger partial charge on any atom is -0.466 e. The summed E-state index contributed by atoms with van der Waals surface area (Å²) in [5.41, 5.74) is 1.26. The minimum absolute atomic E-state index is 0.0196. The molecule has 1 amide bonds. The Morgan fingerprint density at radius 1 is 1.14 bits per heavy atom. The second-order valence-electron chi connectivity index (χ2n) is 6.03. The van der Waals surface area contributed by atoms with Gasteiger partial charge in [-0.25, -0.2) is 4.79 Å². The van der Waals surface area contributed by atoms with Crippen LogP contribution in [0.3, 0.4) is 0 Å². The second-order valence-corrected chi connectivity index (χ2v) is 6.03. The van der Waals surface area contributed by atoms with Gasteiger partial charge in [-0.3, -0.25) is 19.7 Å². The maximum Gasteiger partial charge on any atom is 0.328 e. The van der Waals surface area contributed by atoms with Gasteiger partial charge in [0.2, 0.25) is 6.20 Å². The zero-order valence-electron chi connectivity index (χ0n) is 16.6. The molecule has 0 aliphatic heterocycles. The van der Waals surface area contributed by atoms with E-state index in [0.717, 1.165) is 11.8 Å². The molecule has 0 aliphatic carbocycles. The molecule has 0 unspecified atom stereocenters. The van der Waals surface area contributed by atoms with Crippen LogP contribution in [0.25, 0.3) is 0 Å². The lowest BCUT2D eigenvalue weighted by Gasteiger charge is -2.17. The molecule has 9 nitrogen and oxygen atoms in total. The van der Waals surface area contributed by atoms with Crippen molar-refractivity contribution in [2.75, 3.05) is 13.2 Å². The summed E-state index contributed by atoms with van der Waals surface area (Å²) in [5.74, 6) is -1.53. The normalized spacial score (nSPS) is 11.7. The summed E-state index contributed by atoms with van der Waals surface area (Å²) in [6.45, 7) is 3.74. The number of nitrogens with one attached hydrogen (secondary N) is 1. The van der Waals surface area contributed by atoms with Crippen LogP contribution in [0.5, 0.6) is 0 Å². The highest BCUT2D eigenvalue weighted by Gasteiger charge is 2.23. The Morgan fingerprint density at radius 3 is 2.38 bits per heavy atom. The summed E-state index contributed by atoms with van der Waals surface area (Å²) in [6.07, 6.45) is 3.52. The number of amides is 1. The number of aryl methyl sites for hydroxylation is 1. The first-order chi connectivity index (χ1) is 13.9. The smallest absolute Gasteiger partial charge is 0.328 e. The van der Waals surface area contributed by atoms with Gasteiger partial charge in [0.15, 0.2) is 0 Å². The molecular formula is C20H26N2O7. The van der Waals surface area contributed by atoms with Crippen LogP contribution in [0.2, 0.25) is 0 Å². The third-order valence-electron chi connectivity index (χ3n) is 3.86. The molecule has 1 N–H and O–H groups in total. The summed E-state index contributed by atoms with van der Waals surface area (Å²) in [5, 5.41) is 12.8. The molecule has 0 aromatic heterocycles. The first kappa shape index (κ1) is 23.8. The topological polar surface area (TPSA) is 125 Å². The maximum absolute atomic E-state index is 12.5. The van der Waals surface area contributed by atoms with Crippen LogP contribution in [-0.2, 0) is 25.5 Å². The molecule has 0 saturated carbocycles. The fraction of sp³-hybridized carbons (Fsp3) is 0.450. The van der Waals surface area contributed by atoms with Gasteiger partial charge < -0.3 is 14.8 Å². The van der Waals surface area contributed by atoms with Crippen LogP contribution < -0.4 is 5.32 Å². The lowest BCUT2D eigenvalue weighted by Crippen LogP contribution is -2.42. The monoisotopic (exact) mass is 406 g/mol. The van der Waals surface area contributed by atoms with Gasteiger partial charge in [-0.2, -0.15) is 0 Å². The van der Waals surface area contributed by atoms with Crippen molar-refractivity contribution in [1.82, 2.24) is 5.32 Å². The Hall–Kier alpha value is -3.23. The fourth-order valence-electron chi connectivity index (χ4n) is 2.46. The lowest BCUT2D eigenvalue weighted by molar-refractivity contribution is -0.402. The molecule has 158 valence electrons. The predicted molar refractivity (Wildman–Crippen MR) is 105 cm³/mol. The van der Waals surface area contributed by atoms with Gasteiger partial charge >= 0.3 is 11.9 Å². The molecule has 0 heterocycles. The van der Waals surface area contributed by atoms with Crippen molar-refractivity contribution in [2.24, 2.45) is 0 Å². The Balaban J connectivity index is 2.68. The molecule has 1 atom stereocenters. The number of hydrogen-bond acceptors (Lipinski definition) is 7. The van der Waals surface area contributed by atoms with E-state index in [9.17, 15) is 24.5 Å². The summed E-state index contributed by atoms with van der Waals surface area (Å²) >= 11 is 0. The molecule has 0 spiro atoms. The average molecular weight is 406 g/mol. The third kappa shape index (κ3) is 9.50. The van der Waals surface area contributed by atoms with Gasteiger partial charge in [0.05, 0.1) is 18.1 Å². The first-order valence-electron chi connectivity index (χ1n) is 9.39. The van der Waals surface area contributed by atoms with Gasteiger partial charge in [-0.15, -0.1) is 0 Å². The second kappa shape index (κ2) is 13.0. The van der Waals surface area contributed by atoms with E-state index in [0.29, 0.717) is 18.4 Å². The van der Waals surface area contributed by atoms with Crippen molar-refractivity contribution < 1.29 is 28.8 Å². The first-order valence-corrected chi connectivity index (χ1v) is 9.39. The molecule has 1 rings (SSSR count). The van der Waals surface area contributed by atoms with Gasteiger partial charge in [0, 0.05) is 12.0 Å². The summed E-state index contributed by atoms with van der Waals surface area (Å²) in [6, 6.07) is 5.74. The number of allylic oxidation sites excluding steroid dienone is 1. The van der Waals surface area contributed by atoms with Crippen molar-refractivity contribution in [3.63, 3.8) is 0 Å². The standard InChI is InChI=1S/C20H26N2O7/c1-3-28-18(23)13-12-17(20(25)29-4-2)21-19(24)16-10-8-15(9-11-16)7-5-6-14-22(26)27/h6,8-11,14,17H,3-5,7,12-13H2,1-2H3,(H,21,24)/t17-/m0/s1. The molecule has 0 radical (unpaired) electrons. The van der Waals surface area contributed by atoms with E-state index >= 15 is 0 Å². The van der Waals surface area contributed by atoms with E-state index in [1.165, 1.54) is 6.08 Å². The number of hydrogen-bond donors (Lipinski definition) is 1. The van der Waals surface area contributed by atoms with Crippen LogP contribution in [0.15, 0.2) is 36.5 Å². The molecular weight excluding hydrogens is 380 g/mol. The highest BCUT2D eigenvalue weighted by atomic mass is 16.6. The van der Waals surface area contributed by atoms with E-state index in [-0.39, 0.29) is 26.1 Å². The van der Waals surface area contributed by atoms with Crippen molar-refractivity contribution in [3.05, 3.63) is 57.8 Å².